The molecule has 0 aliphatic heterocycles. The number of rotatable bonds is 6. The SMILES string of the molecule is CN=C(NCC(=O)Nc1ccc(F)cc1)NCC1(c2ccccc2F)CC1.I. The summed E-state index contributed by atoms with van der Waals surface area (Å²) in [7, 11) is 1.61. The zero-order chi connectivity index (χ0) is 19.3. The van der Waals surface area contributed by atoms with Crippen LogP contribution >= 0.6 is 24.0 Å². The molecule has 0 aromatic heterocycles. The summed E-state index contributed by atoms with van der Waals surface area (Å²) in [5.41, 5.74) is 1.00. The second-order valence-electron chi connectivity index (χ2n) is 6.59. The van der Waals surface area contributed by atoms with Crippen LogP contribution in [0.25, 0.3) is 0 Å². The number of nitrogens with one attached hydrogen (secondary N) is 3. The Bertz CT molecular complexity index is 838. The minimum atomic E-state index is -0.361. The Morgan fingerprint density at radius 2 is 1.75 bits per heavy atom. The standard InChI is InChI=1S/C20H22F2N4O.HI/c1-23-19(24-12-18(27)26-15-8-6-14(21)7-9-15)25-13-20(10-11-20)16-4-2-3-5-17(16)22;/h2-9H,10-13H2,1H3,(H,26,27)(H2,23,24,25);1H. The van der Waals surface area contributed by atoms with Gasteiger partial charge < -0.3 is 16.0 Å². The molecule has 5 nitrogen and oxygen atoms in total. The van der Waals surface area contributed by atoms with Gasteiger partial charge in [-0.15, -0.1) is 24.0 Å². The highest BCUT2D eigenvalue weighted by molar-refractivity contribution is 14.0. The maximum Gasteiger partial charge on any atom is 0.243 e. The Labute approximate surface area is 180 Å². The first-order valence-electron chi connectivity index (χ1n) is 8.77. The molecule has 150 valence electrons. The predicted octanol–water partition coefficient (Wildman–Crippen LogP) is 3.42. The first-order valence-corrected chi connectivity index (χ1v) is 8.77. The number of hydrogen-bond acceptors (Lipinski definition) is 2. The van der Waals surface area contributed by atoms with Crippen LogP contribution in [0.1, 0.15) is 18.4 Å². The molecule has 2 aromatic carbocycles. The van der Waals surface area contributed by atoms with Crippen LogP contribution in [0.5, 0.6) is 0 Å². The number of benzene rings is 2. The number of aliphatic imine (C=N–C) groups is 1. The predicted molar refractivity (Wildman–Crippen MR) is 117 cm³/mol. The van der Waals surface area contributed by atoms with Gasteiger partial charge in [-0.05, 0) is 48.7 Å². The molecule has 28 heavy (non-hydrogen) atoms. The Kier molecular flexibility index (Phi) is 7.73. The zero-order valence-corrected chi connectivity index (χ0v) is 17.8. The largest absolute Gasteiger partial charge is 0.356 e. The van der Waals surface area contributed by atoms with E-state index in [0.29, 0.717) is 23.8 Å². The molecule has 0 saturated heterocycles. The van der Waals surface area contributed by atoms with E-state index in [9.17, 15) is 13.6 Å². The third-order valence-electron chi connectivity index (χ3n) is 4.66. The highest BCUT2D eigenvalue weighted by atomic mass is 127. The summed E-state index contributed by atoms with van der Waals surface area (Å²) < 4.78 is 27.0. The van der Waals surface area contributed by atoms with Gasteiger partial charge >= 0.3 is 0 Å². The Balaban J connectivity index is 0.00000280. The molecule has 0 heterocycles. The minimum Gasteiger partial charge on any atom is -0.356 e. The summed E-state index contributed by atoms with van der Waals surface area (Å²) >= 11 is 0. The molecule has 0 atom stereocenters. The van der Waals surface area contributed by atoms with E-state index in [2.05, 4.69) is 20.9 Å². The van der Waals surface area contributed by atoms with Crippen molar-refractivity contribution in [3.05, 3.63) is 65.7 Å². The van der Waals surface area contributed by atoms with E-state index in [1.165, 1.54) is 30.3 Å². The quantitative estimate of drug-likeness (QED) is 0.324. The van der Waals surface area contributed by atoms with E-state index in [0.717, 1.165) is 12.8 Å². The van der Waals surface area contributed by atoms with Crippen LogP contribution in [0.15, 0.2) is 53.5 Å². The summed E-state index contributed by atoms with van der Waals surface area (Å²) in [5, 5.41) is 8.76. The van der Waals surface area contributed by atoms with Crippen molar-refractivity contribution < 1.29 is 13.6 Å². The number of guanidine groups is 1. The molecule has 3 N–H and O–H groups in total. The maximum absolute atomic E-state index is 14.1. The lowest BCUT2D eigenvalue weighted by Crippen LogP contribution is -2.44. The fraction of sp³-hybridized carbons (Fsp3) is 0.300. The Hall–Kier alpha value is -2.23. The van der Waals surface area contributed by atoms with Gasteiger partial charge in [0, 0.05) is 24.7 Å². The maximum atomic E-state index is 14.1. The molecular formula is C20H23F2IN4O. The molecule has 3 rings (SSSR count). The van der Waals surface area contributed by atoms with E-state index < -0.39 is 0 Å². The molecule has 2 aromatic rings. The van der Waals surface area contributed by atoms with Crippen LogP contribution in [0, 0.1) is 11.6 Å². The van der Waals surface area contributed by atoms with Crippen LogP contribution in [0.2, 0.25) is 0 Å². The number of carbonyl (C=O) groups is 1. The normalized spacial score (nSPS) is 14.6. The molecule has 0 spiro atoms. The van der Waals surface area contributed by atoms with Gasteiger partial charge in [0.2, 0.25) is 5.91 Å². The smallest absolute Gasteiger partial charge is 0.243 e. The van der Waals surface area contributed by atoms with E-state index in [1.54, 1.807) is 13.1 Å². The summed E-state index contributed by atoms with van der Waals surface area (Å²) in [4.78, 5) is 16.1. The van der Waals surface area contributed by atoms with Gasteiger partial charge in [0.05, 0.1) is 6.54 Å². The van der Waals surface area contributed by atoms with Crippen molar-refractivity contribution in [1.82, 2.24) is 10.6 Å². The molecular weight excluding hydrogens is 477 g/mol. The number of anilines is 1. The molecule has 1 fully saturated rings. The lowest BCUT2D eigenvalue weighted by Gasteiger charge is -2.19. The molecule has 1 aliphatic carbocycles. The van der Waals surface area contributed by atoms with Crippen LogP contribution in [0.4, 0.5) is 14.5 Å². The fourth-order valence-corrected chi connectivity index (χ4v) is 2.96. The van der Waals surface area contributed by atoms with Crippen LogP contribution in [-0.2, 0) is 10.2 Å². The number of carbonyl (C=O) groups excluding carboxylic acids is 1. The highest BCUT2D eigenvalue weighted by Crippen LogP contribution is 2.48. The summed E-state index contributed by atoms with van der Waals surface area (Å²) in [6.45, 7) is 0.539. The average Bonchev–Trinajstić information content (AvgIpc) is 3.45. The van der Waals surface area contributed by atoms with Gasteiger partial charge in [0.1, 0.15) is 11.6 Å². The fourth-order valence-electron chi connectivity index (χ4n) is 2.96. The van der Waals surface area contributed by atoms with Crippen LogP contribution < -0.4 is 16.0 Å². The van der Waals surface area contributed by atoms with E-state index in [1.807, 2.05) is 12.1 Å². The van der Waals surface area contributed by atoms with Crippen molar-refractivity contribution >= 4 is 41.5 Å². The first-order chi connectivity index (χ1) is 13.0. The molecule has 1 amide bonds. The second kappa shape index (κ2) is 9.81. The summed E-state index contributed by atoms with van der Waals surface area (Å²) in [5.74, 6) is -0.371. The lowest BCUT2D eigenvalue weighted by atomic mass is 9.95. The van der Waals surface area contributed by atoms with E-state index in [4.69, 9.17) is 0 Å². The monoisotopic (exact) mass is 500 g/mol. The van der Waals surface area contributed by atoms with Gasteiger partial charge in [-0.2, -0.15) is 0 Å². The van der Waals surface area contributed by atoms with Gasteiger partial charge in [-0.3, -0.25) is 9.79 Å². The lowest BCUT2D eigenvalue weighted by molar-refractivity contribution is -0.115. The number of hydrogen-bond donors (Lipinski definition) is 3. The number of amides is 1. The van der Waals surface area contributed by atoms with Crippen LogP contribution in [0.3, 0.4) is 0 Å². The number of nitrogens with zero attached hydrogens (tertiary/aromatic N) is 1. The third-order valence-corrected chi connectivity index (χ3v) is 4.66. The van der Waals surface area contributed by atoms with Gasteiger partial charge in [0.25, 0.3) is 0 Å². The molecule has 0 bridgehead atoms. The zero-order valence-electron chi connectivity index (χ0n) is 15.5. The molecule has 1 saturated carbocycles. The molecule has 1 aliphatic rings. The Morgan fingerprint density at radius 3 is 2.36 bits per heavy atom. The van der Waals surface area contributed by atoms with Gasteiger partial charge in [-0.1, -0.05) is 18.2 Å². The average molecular weight is 500 g/mol. The van der Waals surface area contributed by atoms with Crippen molar-refractivity contribution in [1.29, 1.82) is 0 Å². The summed E-state index contributed by atoms with van der Waals surface area (Å²) in [6, 6.07) is 12.4. The van der Waals surface area contributed by atoms with Gasteiger partial charge in [-0.25, -0.2) is 8.78 Å². The van der Waals surface area contributed by atoms with Crippen molar-refractivity contribution in [2.75, 3.05) is 25.5 Å². The van der Waals surface area contributed by atoms with Crippen molar-refractivity contribution in [3.63, 3.8) is 0 Å². The van der Waals surface area contributed by atoms with Crippen LogP contribution in [-0.4, -0.2) is 32.0 Å². The topological polar surface area (TPSA) is 65.5 Å². The highest BCUT2D eigenvalue weighted by Gasteiger charge is 2.45. The molecule has 8 heteroatoms. The third kappa shape index (κ3) is 5.63. The van der Waals surface area contributed by atoms with Gasteiger partial charge in [0.15, 0.2) is 5.96 Å². The van der Waals surface area contributed by atoms with Crippen molar-refractivity contribution in [2.24, 2.45) is 4.99 Å². The van der Waals surface area contributed by atoms with E-state index in [-0.39, 0.29) is 53.5 Å². The summed E-state index contributed by atoms with van der Waals surface area (Å²) in [6.07, 6.45) is 1.81. The van der Waals surface area contributed by atoms with Crippen molar-refractivity contribution in [3.8, 4) is 0 Å². The number of halogens is 3. The second-order valence-corrected chi connectivity index (χ2v) is 6.59. The Morgan fingerprint density at radius 1 is 1.07 bits per heavy atom. The minimum absolute atomic E-state index is 0. The molecule has 0 radical (unpaired) electrons. The van der Waals surface area contributed by atoms with Crippen molar-refractivity contribution in [2.45, 2.75) is 18.3 Å². The first kappa shape index (κ1) is 22.1. The van der Waals surface area contributed by atoms with E-state index >= 15 is 0 Å². The molecule has 0 unspecified atom stereocenters.